The number of hydrogen-bond donors (Lipinski definition) is 2. The van der Waals surface area contributed by atoms with Crippen LogP contribution in [0.3, 0.4) is 0 Å². The van der Waals surface area contributed by atoms with E-state index >= 15 is 0 Å². The molecule has 1 heterocycles. The monoisotopic (exact) mass is 236 g/mol. The van der Waals surface area contributed by atoms with E-state index in [9.17, 15) is 4.79 Å². The predicted octanol–water partition coefficient (Wildman–Crippen LogP) is 1.62. The standard InChI is InChI=1S/C12H16N2O3/c15-12(16)11-4-3-10(7-14-11)13-5-6-17-8-9-1-2-9/h3-4,7,9,13H,1-2,5-6,8H2,(H,15,16). The minimum atomic E-state index is -1.01. The number of nitrogens with one attached hydrogen (secondary N) is 1. The Hall–Kier alpha value is -1.62. The number of carbonyl (C=O) groups is 1. The summed E-state index contributed by atoms with van der Waals surface area (Å²) in [5.41, 5.74) is 0.866. The summed E-state index contributed by atoms with van der Waals surface area (Å²) in [5.74, 6) is -0.226. The lowest BCUT2D eigenvalue weighted by atomic mass is 10.3. The Bertz CT molecular complexity index is 374. The van der Waals surface area contributed by atoms with Gasteiger partial charge in [-0.05, 0) is 30.9 Å². The lowest BCUT2D eigenvalue weighted by Gasteiger charge is -2.06. The maximum atomic E-state index is 10.6. The summed E-state index contributed by atoms with van der Waals surface area (Å²) in [4.78, 5) is 14.4. The number of anilines is 1. The first-order valence-electron chi connectivity index (χ1n) is 5.76. The third-order valence-corrected chi connectivity index (χ3v) is 2.61. The fourth-order valence-electron chi connectivity index (χ4n) is 1.43. The lowest BCUT2D eigenvalue weighted by Crippen LogP contribution is -2.11. The van der Waals surface area contributed by atoms with Crippen LogP contribution in [0.25, 0.3) is 0 Å². The topological polar surface area (TPSA) is 71.5 Å². The van der Waals surface area contributed by atoms with Crippen molar-refractivity contribution in [2.24, 2.45) is 5.92 Å². The van der Waals surface area contributed by atoms with Crippen molar-refractivity contribution in [1.82, 2.24) is 4.98 Å². The summed E-state index contributed by atoms with van der Waals surface area (Å²) < 4.78 is 5.46. The van der Waals surface area contributed by atoms with Crippen LogP contribution >= 0.6 is 0 Å². The highest BCUT2D eigenvalue weighted by Gasteiger charge is 2.20. The third-order valence-electron chi connectivity index (χ3n) is 2.61. The summed E-state index contributed by atoms with van der Waals surface area (Å²) in [6, 6.07) is 3.19. The Kier molecular flexibility index (Phi) is 3.93. The van der Waals surface area contributed by atoms with E-state index in [2.05, 4.69) is 10.3 Å². The van der Waals surface area contributed by atoms with Gasteiger partial charge >= 0.3 is 5.97 Å². The van der Waals surface area contributed by atoms with Crippen molar-refractivity contribution in [1.29, 1.82) is 0 Å². The van der Waals surface area contributed by atoms with Gasteiger partial charge < -0.3 is 15.2 Å². The quantitative estimate of drug-likeness (QED) is 0.704. The van der Waals surface area contributed by atoms with Crippen molar-refractivity contribution in [2.45, 2.75) is 12.8 Å². The molecule has 0 spiro atoms. The second kappa shape index (κ2) is 5.63. The summed E-state index contributed by atoms with van der Waals surface area (Å²) in [6.45, 7) is 2.23. The molecule has 0 atom stereocenters. The van der Waals surface area contributed by atoms with Crippen LogP contribution in [0.5, 0.6) is 0 Å². The van der Waals surface area contributed by atoms with Crippen molar-refractivity contribution in [3.8, 4) is 0 Å². The molecule has 0 amide bonds. The number of aromatic nitrogens is 1. The Labute approximate surface area is 99.8 Å². The Morgan fingerprint density at radius 1 is 1.53 bits per heavy atom. The first kappa shape index (κ1) is 11.9. The molecular weight excluding hydrogens is 220 g/mol. The largest absolute Gasteiger partial charge is 0.477 e. The SMILES string of the molecule is O=C(O)c1ccc(NCCOCC2CC2)cn1. The van der Waals surface area contributed by atoms with Gasteiger partial charge in [0, 0.05) is 13.2 Å². The molecule has 1 aromatic heterocycles. The first-order chi connectivity index (χ1) is 8.25. The Morgan fingerprint density at radius 3 is 2.94 bits per heavy atom. The molecular formula is C12H16N2O3. The average Bonchev–Trinajstić information content (AvgIpc) is 3.13. The zero-order chi connectivity index (χ0) is 12.1. The van der Waals surface area contributed by atoms with Crippen LogP contribution in [0.15, 0.2) is 18.3 Å². The van der Waals surface area contributed by atoms with Crippen LogP contribution in [0.1, 0.15) is 23.3 Å². The number of carboxylic acids is 1. The van der Waals surface area contributed by atoms with Gasteiger partial charge in [0.05, 0.1) is 18.5 Å². The number of pyridine rings is 1. The molecule has 0 bridgehead atoms. The number of ether oxygens (including phenoxy) is 1. The predicted molar refractivity (Wildman–Crippen MR) is 63.2 cm³/mol. The molecule has 1 fully saturated rings. The second-order valence-corrected chi connectivity index (χ2v) is 4.18. The molecule has 5 heteroatoms. The average molecular weight is 236 g/mol. The van der Waals surface area contributed by atoms with Crippen LogP contribution in [0.4, 0.5) is 5.69 Å². The van der Waals surface area contributed by atoms with Crippen LogP contribution in [-0.4, -0.2) is 35.8 Å². The maximum absolute atomic E-state index is 10.6. The Morgan fingerprint density at radius 2 is 2.35 bits per heavy atom. The van der Waals surface area contributed by atoms with Crippen LogP contribution in [0, 0.1) is 5.92 Å². The van der Waals surface area contributed by atoms with Crippen molar-refractivity contribution in [2.75, 3.05) is 25.1 Å². The van der Waals surface area contributed by atoms with Gasteiger partial charge in [0.1, 0.15) is 5.69 Å². The summed E-state index contributed by atoms with van der Waals surface area (Å²) in [5, 5.41) is 11.8. The highest BCUT2D eigenvalue weighted by Crippen LogP contribution is 2.28. The Balaban J connectivity index is 1.65. The van der Waals surface area contributed by atoms with Gasteiger partial charge in [-0.2, -0.15) is 0 Å². The molecule has 1 aromatic rings. The fraction of sp³-hybridized carbons (Fsp3) is 0.500. The van der Waals surface area contributed by atoms with Crippen molar-refractivity contribution < 1.29 is 14.6 Å². The molecule has 1 saturated carbocycles. The van der Waals surface area contributed by atoms with Gasteiger partial charge in [-0.25, -0.2) is 9.78 Å². The van der Waals surface area contributed by atoms with E-state index in [4.69, 9.17) is 9.84 Å². The van der Waals surface area contributed by atoms with Crippen LogP contribution in [0.2, 0.25) is 0 Å². The van der Waals surface area contributed by atoms with Crippen molar-refractivity contribution >= 4 is 11.7 Å². The minimum Gasteiger partial charge on any atom is -0.477 e. The van der Waals surface area contributed by atoms with Crippen LogP contribution < -0.4 is 5.32 Å². The molecule has 0 aromatic carbocycles. The normalized spacial score (nSPS) is 14.6. The third kappa shape index (κ3) is 4.03. The van der Waals surface area contributed by atoms with Gasteiger partial charge in [0.15, 0.2) is 0 Å². The number of aromatic carboxylic acids is 1. The van der Waals surface area contributed by atoms with Gasteiger partial charge in [-0.3, -0.25) is 0 Å². The van der Waals surface area contributed by atoms with E-state index in [0.29, 0.717) is 13.2 Å². The lowest BCUT2D eigenvalue weighted by molar-refractivity contribution is 0.0690. The second-order valence-electron chi connectivity index (χ2n) is 4.18. The van der Waals surface area contributed by atoms with Gasteiger partial charge in [0.25, 0.3) is 0 Å². The smallest absolute Gasteiger partial charge is 0.354 e. The molecule has 1 aliphatic rings. The fourth-order valence-corrected chi connectivity index (χ4v) is 1.43. The van der Waals surface area contributed by atoms with E-state index in [1.165, 1.54) is 25.1 Å². The first-order valence-corrected chi connectivity index (χ1v) is 5.76. The van der Waals surface area contributed by atoms with Crippen molar-refractivity contribution in [3.63, 3.8) is 0 Å². The molecule has 0 saturated heterocycles. The molecule has 5 nitrogen and oxygen atoms in total. The molecule has 17 heavy (non-hydrogen) atoms. The van der Waals surface area contributed by atoms with Gasteiger partial charge in [-0.15, -0.1) is 0 Å². The molecule has 0 unspecified atom stereocenters. The number of hydrogen-bond acceptors (Lipinski definition) is 4. The van der Waals surface area contributed by atoms with Crippen molar-refractivity contribution in [3.05, 3.63) is 24.0 Å². The summed E-state index contributed by atoms with van der Waals surface area (Å²) >= 11 is 0. The molecule has 92 valence electrons. The van der Waals surface area contributed by atoms with E-state index < -0.39 is 5.97 Å². The number of rotatable bonds is 7. The van der Waals surface area contributed by atoms with E-state index in [1.807, 2.05) is 0 Å². The zero-order valence-corrected chi connectivity index (χ0v) is 9.56. The molecule has 2 N–H and O–H groups in total. The highest BCUT2D eigenvalue weighted by atomic mass is 16.5. The van der Waals surface area contributed by atoms with Gasteiger partial charge in [-0.1, -0.05) is 0 Å². The highest BCUT2D eigenvalue weighted by molar-refractivity contribution is 5.85. The maximum Gasteiger partial charge on any atom is 0.354 e. The molecule has 2 rings (SSSR count). The minimum absolute atomic E-state index is 0.0560. The summed E-state index contributed by atoms with van der Waals surface area (Å²) in [6.07, 6.45) is 4.12. The van der Waals surface area contributed by atoms with E-state index in [1.54, 1.807) is 6.07 Å². The molecule has 0 radical (unpaired) electrons. The van der Waals surface area contributed by atoms with E-state index in [-0.39, 0.29) is 5.69 Å². The van der Waals surface area contributed by atoms with E-state index in [0.717, 1.165) is 18.2 Å². The van der Waals surface area contributed by atoms with Gasteiger partial charge in [0.2, 0.25) is 0 Å². The number of nitrogens with zero attached hydrogens (tertiary/aromatic N) is 1. The zero-order valence-electron chi connectivity index (χ0n) is 9.56. The molecule has 0 aliphatic heterocycles. The summed E-state index contributed by atoms with van der Waals surface area (Å²) in [7, 11) is 0. The number of carboxylic acid groups (broad SMARTS) is 1. The van der Waals surface area contributed by atoms with Crippen LogP contribution in [-0.2, 0) is 4.74 Å². The molecule has 1 aliphatic carbocycles.